The van der Waals surface area contributed by atoms with Crippen LogP contribution in [0, 0.1) is 0 Å². The molecule has 4 aromatic rings. The van der Waals surface area contributed by atoms with Gasteiger partial charge in [0.2, 0.25) is 0 Å². The summed E-state index contributed by atoms with van der Waals surface area (Å²) in [6.07, 6.45) is 3.49. The molecule has 0 amide bonds. The van der Waals surface area contributed by atoms with Crippen molar-refractivity contribution in [2.75, 3.05) is 17.7 Å². The van der Waals surface area contributed by atoms with Gasteiger partial charge >= 0.3 is 0 Å². The van der Waals surface area contributed by atoms with Crippen LogP contribution in [-0.2, 0) is 0 Å². The second-order valence-electron chi connectivity index (χ2n) is 5.60. The number of anilines is 3. The quantitative estimate of drug-likeness (QED) is 0.579. The average molecular weight is 327 g/mol. The van der Waals surface area contributed by atoms with Gasteiger partial charge in [-0.25, -0.2) is 9.97 Å². The third-order valence-corrected chi connectivity index (χ3v) is 3.98. The lowest BCUT2D eigenvalue weighted by molar-refractivity contribution is 1.21. The average Bonchev–Trinajstić information content (AvgIpc) is 2.69. The first-order chi connectivity index (χ1) is 12.3. The van der Waals surface area contributed by atoms with Gasteiger partial charge in [0.25, 0.3) is 0 Å². The highest BCUT2D eigenvalue weighted by Crippen LogP contribution is 2.27. The third-order valence-electron chi connectivity index (χ3n) is 3.98. The second kappa shape index (κ2) is 6.57. The molecule has 0 aliphatic rings. The Morgan fingerprint density at radius 3 is 2.24 bits per heavy atom. The van der Waals surface area contributed by atoms with E-state index < -0.39 is 0 Å². The fourth-order valence-electron chi connectivity index (χ4n) is 2.66. The predicted molar refractivity (Wildman–Crippen MR) is 102 cm³/mol. The van der Waals surface area contributed by atoms with E-state index in [4.69, 9.17) is 4.98 Å². The molecule has 2 heterocycles. The van der Waals surface area contributed by atoms with Crippen molar-refractivity contribution in [1.82, 2.24) is 15.0 Å². The van der Waals surface area contributed by atoms with Crippen LogP contribution in [0.25, 0.3) is 22.3 Å². The van der Waals surface area contributed by atoms with E-state index in [2.05, 4.69) is 20.6 Å². The Morgan fingerprint density at radius 2 is 1.48 bits per heavy atom. The minimum Gasteiger partial charge on any atom is -0.388 e. The Bertz CT molecular complexity index is 997. The zero-order valence-corrected chi connectivity index (χ0v) is 13.8. The Hall–Kier alpha value is -3.47. The summed E-state index contributed by atoms with van der Waals surface area (Å²) < 4.78 is 0. The molecule has 0 saturated heterocycles. The number of pyridine rings is 1. The van der Waals surface area contributed by atoms with E-state index in [1.54, 1.807) is 12.4 Å². The van der Waals surface area contributed by atoms with E-state index in [1.807, 2.05) is 67.7 Å². The Morgan fingerprint density at radius 1 is 0.760 bits per heavy atom. The molecule has 5 nitrogen and oxygen atoms in total. The van der Waals surface area contributed by atoms with Gasteiger partial charge < -0.3 is 10.6 Å². The van der Waals surface area contributed by atoms with Crippen LogP contribution >= 0.6 is 0 Å². The Balaban J connectivity index is 1.80. The minimum absolute atomic E-state index is 0.676. The fourth-order valence-corrected chi connectivity index (χ4v) is 2.66. The molecule has 0 bridgehead atoms. The van der Waals surface area contributed by atoms with Crippen LogP contribution in [-0.4, -0.2) is 22.0 Å². The highest BCUT2D eigenvalue weighted by atomic mass is 15.0. The molecule has 2 N–H and O–H groups in total. The fraction of sp³-hybridized carbons (Fsp3) is 0.0500. The normalized spacial score (nSPS) is 10.6. The first-order valence-corrected chi connectivity index (χ1v) is 8.05. The maximum absolute atomic E-state index is 4.74. The van der Waals surface area contributed by atoms with Gasteiger partial charge in [-0.2, -0.15) is 0 Å². The van der Waals surface area contributed by atoms with E-state index in [0.717, 1.165) is 33.7 Å². The molecule has 25 heavy (non-hydrogen) atoms. The molecule has 0 aliphatic heterocycles. The summed E-state index contributed by atoms with van der Waals surface area (Å²) in [7, 11) is 1.90. The predicted octanol–water partition coefficient (Wildman–Crippen LogP) is 4.48. The zero-order valence-electron chi connectivity index (χ0n) is 13.8. The number of para-hydroxylation sites is 1. The van der Waals surface area contributed by atoms with Crippen molar-refractivity contribution in [3.05, 3.63) is 73.1 Å². The third kappa shape index (κ3) is 3.12. The smallest absolute Gasteiger partial charge is 0.162 e. The molecule has 0 atom stereocenters. The number of nitrogens with zero attached hydrogens (tertiary/aromatic N) is 3. The van der Waals surface area contributed by atoms with Gasteiger partial charge in [-0.15, -0.1) is 0 Å². The maximum atomic E-state index is 4.74. The van der Waals surface area contributed by atoms with Gasteiger partial charge in [-0.3, -0.25) is 4.98 Å². The number of rotatable bonds is 4. The maximum Gasteiger partial charge on any atom is 0.162 e. The molecule has 122 valence electrons. The molecule has 0 unspecified atom stereocenters. The van der Waals surface area contributed by atoms with Crippen LogP contribution in [0.5, 0.6) is 0 Å². The zero-order chi connectivity index (χ0) is 17.1. The van der Waals surface area contributed by atoms with E-state index in [9.17, 15) is 0 Å². The lowest BCUT2D eigenvalue weighted by Gasteiger charge is -2.11. The van der Waals surface area contributed by atoms with Crippen LogP contribution < -0.4 is 10.6 Å². The molecule has 0 aliphatic carbocycles. The van der Waals surface area contributed by atoms with Gasteiger partial charge in [0.05, 0.1) is 5.52 Å². The van der Waals surface area contributed by atoms with Crippen molar-refractivity contribution in [1.29, 1.82) is 0 Å². The summed E-state index contributed by atoms with van der Waals surface area (Å²) >= 11 is 0. The van der Waals surface area contributed by atoms with Gasteiger partial charge in [-0.1, -0.05) is 12.1 Å². The van der Waals surface area contributed by atoms with Gasteiger partial charge in [0.1, 0.15) is 5.82 Å². The molecule has 5 heteroatoms. The number of benzene rings is 2. The van der Waals surface area contributed by atoms with E-state index in [0.29, 0.717) is 5.82 Å². The van der Waals surface area contributed by atoms with Crippen LogP contribution in [0.2, 0.25) is 0 Å². The number of hydrogen-bond donors (Lipinski definition) is 2. The molecular formula is C20H17N5. The number of aromatic nitrogens is 3. The van der Waals surface area contributed by atoms with Crippen molar-refractivity contribution >= 4 is 28.1 Å². The lowest BCUT2D eigenvalue weighted by Crippen LogP contribution is -1.99. The molecule has 4 rings (SSSR count). The highest BCUT2D eigenvalue weighted by molar-refractivity contribution is 5.92. The first-order valence-electron chi connectivity index (χ1n) is 8.05. The number of hydrogen-bond acceptors (Lipinski definition) is 5. The number of nitrogens with one attached hydrogen (secondary N) is 2. The molecule has 2 aromatic heterocycles. The van der Waals surface area contributed by atoms with Crippen molar-refractivity contribution in [3.63, 3.8) is 0 Å². The van der Waals surface area contributed by atoms with E-state index in [-0.39, 0.29) is 0 Å². The summed E-state index contributed by atoms with van der Waals surface area (Å²) in [5.74, 6) is 1.46. The summed E-state index contributed by atoms with van der Waals surface area (Å²) in [5.41, 5.74) is 3.88. The molecule has 0 fully saturated rings. The van der Waals surface area contributed by atoms with Crippen molar-refractivity contribution in [3.8, 4) is 11.4 Å². The van der Waals surface area contributed by atoms with Gasteiger partial charge in [-0.05, 0) is 48.5 Å². The standard InChI is InChI=1S/C20H17N5/c1-21-15-6-8-16(9-7-15)23-20-17-4-2-3-5-18(17)24-19(25-20)14-10-12-22-13-11-14/h2-13,21H,1H3,(H,23,24,25). The highest BCUT2D eigenvalue weighted by Gasteiger charge is 2.09. The summed E-state index contributed by atoms with van der Waals surface area (Å²) in [5, 5.41) is 7.52. The number of fused-ring (bicyclic) bond motifs is 1. The lowest BCUT2D eigenvalue weighted by atomic mass is 10.2. The topological polar surface area (TPSA) is 62.7 Å². The molecule has 0 radical (unpaired) electrons. The summed E-state index contributed by atoms with van der Waals surface area (Å²) in [6.45, 7) is 0. The summed E-state index contributed by atoms with van der Waals surface area (Å²) in [6, 6.07) is 19.9. The molecular weight excluding hydrogens is 310 g/mol. The van der Waals surface area contributed by atoms with E-state index >= 15 is 0 Å². The van der Waals surface area contributed by atoms with Crippen LogP contribution in [0.3, 0.4) is 0 Å². The van der Waals surface area contributed by atoms with Crippen molar-refractivity contribution < 1.29 is 0 Å². The first kappa shape index (κ1) is 15.1. The minimum atomic E-state index is 0.676. The largest absolute Gasteiger partial charge is 0.388 e. The van der Waals surface area contributed by atoms with E-state index in [1.165, 1.54) is 0 Å². The summed E-state index contributed by atoms with van der Waals surface area (Å²) in [4.78, 5) is 13.5. The van der Waals surface area contributed by atoms with Crippen LogP contribution in [0.15, 0.2) is 73.1 Å². The van der Waals surface area contributed by atoms with Gasteiger partial charge in [0, 0.05) is 41.8 Å². The second-order valence-corrected chi connectivity index (χ2v) is 5.60. The van der Waals surface area contributed by atoms with Crippen LogP contribution in [0.1, 0.15) is 0 Å². The molecule has 0 spiro atoms. The SMILES string of the molecule is CNc1ccc(Nc2nc(-c3ccncc3)nc3ccccc23)cc1. The van der Waals surface area contributed by atoms with Crippen molar-refractivity contribution in [2.24, 2.45) is 0 Å². The monoisotopic (exact) mass is 327 g/mol. The van der Waals surface area contributed by atoms with Crippen molar-refractivity contribution in [2.45, 2.75) is 0 Å². The molecule has 2 aromatic carbocycles. The Labute approximate surface area is 145 Å². The Kier molecular flexibility index (Phi) is 3.96. The van der Waals surface area contributed by atoms with Crippen LogP contribution in [0.4, 0.5) is 17.2 Å². The molecule has 0 saturated carbocycles. The van der Waals surface area contributed by atoms with Gasteiger partial charge in [0.15, 0.2) is 5.82 Å².